The molecular weight excluding hydrogens is 360 g/mol. The van der Waals surface area contributed by atoms with Crippen LogP contribution in [0.3, 0.4) is 0 Å². The van der Waals surface area contributed by atoms with Gasteiger partial charge >= 0.3 is 5.97 Å². The summed E-state index contributed by atoms with van der Waals surface area (Å²) in [5.41, 5.74) is 0.897. The number of esters is 1. The van der Waals surface area contributed by atoms with E-state index in [4.69, 9.17) is 16.3 Å². The van der Waals surface area contributed by atoms with Crippen LogP contribution >= 0.6 is 11.6 Å². The monoisotopic (exact) mass is 376 g/mol. The number of halogens is 1. The zero-order valence-corrected chi connectivity index (χ0v) is 14.9. The Kier molecular flexibility index (Phi) is 6.57. The fraction of sp³-hybridized carbons (Fsp3) is 0.167. The first-order chi connectivity index (χ1) is 12.4. The van der Waals surface area contributed by atoms with E-state index in [1.807, 2.05) is 0 Å². The van der Waals surface area contributed by atoms with Crippen molar-refractivity contribution in [2.24, 2.45) is 0 Å². The van der Waals surface area contributed by atoms with Gasteiger partial charge in [-0.25, -0.2) is 4.79 Å². The summed E-state index contributed by atoms with van der Waals surface area (Å²) >= 11 is 6.01. The Labute approximate surface area is 155 Å². The lowest BCUT2D eigenvalue weighted by molar-refractivity contribution is -0.123. The summed E-state index contributed by atoms with van der Waals surface area (Å²) in [6.45, 7) is 0. The largest absolute Gasteiger partial charge is 0.495 e. The van der Waals surface area contributed by atoms with Crippen molar-refractivity contribution >= 4 is 40.8 Å². The lowest BCUT2D eigenvalue weighted by Crippen LogP contribution is -2.22. The normalized spacial score (nSPS) is 9.96. The highest BCUT2D eigenvalue weighted by atomic mass is 35.5. The number of hydrogen-bond acceptors (Lipinski definition) is 5. The van der Waals surface area contributed by atoms with Gasteiger partial charge in [-0.3, -0.25) is 9.59 Å². The summed E-state index contributed by atoms with van der Waals surface area (Å²) < 4.78 is 9.75. The Bertz CT molecular complexity index is 838. The van der Waals surface area contributed by atoms with Crippen LogP contribution in [0.15, 0.2) is 42.5 Å². The molecule has 2 N–H and O–H groups in total. The Hall–Kier alpha value is -3.06. The zero-order chi connectivity index (χ0) is 19.1. The van der Waals surface area contributed by atoms with Crippen LogP contribution in [0.25, 0.3) is 0 Å². The molecule has 0 aliphatic carbocycles. The zero-order valence-electron chi connectivity index (χ0n) is 14.2. The molecule has 2 rings (SSSR count). The first-order valence-corrected chi connectivity index (χ1v) is 7.93. The van der Waals surface area contributed by atoms with Gasteiger partial charge in [-0.15, -0.1) is 0 Å². The SMILES string of the molecule is COC(=O)c1ccc(Cl)c(NC(=O)CC(=O)Nc2ccccc2OC)c1. The Morgan fingerprint density at radius 1 is 0.962 bits per heavy atom. The number of carbonyl (C=O) groups is 3. The van der Waals surface area contributed by atoms with Crippen molar-refractivity contribution in [1.82, 2.24) is 0 Å². The maximum absolute atomic E-state index is 12.1. The molecule has 7 nitrogen and oxygen atoms in total. The fourth-order valence-corrected chi connectivity index (χ4v) is 2.31. The van der Waals surface area contributed by atoms with E-state index in [2.05, 4.69) is 15.4 Å². The van der Waals surface area contributed by atoms with E-state index >= 15 is 0 Å². The molecule has 0 saturated heterocycles. The molecule has 2 amide bonds. The summed E-state index contributed by atoms with van der Waals surface area (Å²) in [4.78, 5) is 35.7. The third-order valence-electron chi connectivity index (χ3n) is 3.36. The predicted molar refractivity (Wildman–Crippen MR) is 97.7 cm³/mol. The third-order valence-corrected chi connectivity index (χ3v) is 3.69. The number of amides is 2. The molecule has 0 aromatic heterocycles. The molecule has 0 aliphatic heterocycles. The summed E-state index contributed by atoms with van der Waals surface area (Å²) in [6.07, 6.45) is -0.434. The second kappa shape index (κ2) is 8.87. The van der Waals surface area contributed by atoms with E-state index in [0.29, 0.717) is 11.4 Å². The molecular formula is C18H17ClN2O5. The van der Waals surface area contributed by atoms with Gasteiger partial charge in [0.2, 0.25) is 11.8 Å². The summed E-state index contributed by atoms with van der Waals surface area (Å²) in [5, 5.41) is 5.34. The molecule has 0 saturated carbocycles. The van der Waals surface area contributed by atoms with Crippen molar-refractivity contribution in [3.63, 3.8) is 0 Å². The van der Waals surface area contributed by atoms with Crippen LogP contribution in [-0.4, -0.2) is 32.0 Å². The predicted octanol–water partition coefficient (Wildman–Crippen LogP) is 3.10. The molecule has 0 atom stereocenters. The van der Waals surface area contributed by atoms with Crippen molar-refractivity contribution < 1.29 is 23.9 Å². The quantitative estimate of drug-likeness (QED) is 0.596. The van der Waals surface area contributed by atoms with E-state index in [1.54, 1.807) is 24.3 Å². The molecule has 8 heteroatoms. The maximum atomic E-state index is 12.1. The lowest BCUT2D eigenvalue weighted by Gasteiger charge is -2.11. The Morgan fingerprint density at radius 2 is 1.62 bits per heavy atom. The van der Waals surface area contributed by atoms with Crippen LogP contribution in [0.1, 0.15) is 16.8 Å². The van der Waals surface area contributed by atoms with Gasteiger partial charge in [0.05, 0.1) is 36.2 Å². The lowest BCUT2D eigenvalue weighted by atomic mass is 10.2. The second-order valence-corrected chi connectivity index (χ2v) is 5.57. The van der Waals surface area contributed by atoms with E-state index in [0.717, 1.165) is 0 Å². The Morgan fingerprint density at radius 3 is 2.27 bits per heavy atom. The van der Waals surface area contributed by atoms with Gasteiger partial charge in [0.15, 0.2) is 0 Å². The molecule has 2 aromatic rings. The van der Waals surface area contributed by atoms with Gasteiger partial charge in [0.25, 0.3) is 0 Å². The number of ether oxygens (including phenoxy) is 2. The number of carbonyl (C=O) groups excluding carboxylic acids is 3. The van der Waals surface area contributed by atoms with Gasteiger partial charge < -0.3 is 20.1 Å². The number of rotatable bonds is 6. The van der Waals surface area contributed by atoms with Crippen LogP contribution in [-0.2, 0) is 14.3 Å². The highest BCUT2D eigenvalue weighted by molar-refractivity contribution is 6.34. The number of anilines is 2. The molecule has 0 heterocycles. The van der Waals surface area contributed by atoms with Crippen LogP contribution in [0.2, 0.25) is 5.02 Å². The topological polar surface area (TPSA) is 93.7 Å². The first-order valence-electron chi connectivity index (χ1n) is 7.55. The smallest absolute Gasteiger partial charge is 0.337 e. The van der Waals surface area contributed by atoms with Gasteiger partial charge in [0, 0.05) is 0 Å². The minimum atomic E-state index is -0.582. The molecule has 0 radical (unpaired) electrons. The minimum absolute atomic E-state index is 0.213. The Balaban J connectivity index is 2.02. The molecule has 26 heavy (non-hydrogen) atoms. The van der Waals surface area contributed by atoms with Crippen molar-refractivity contribution in [1.29, 1.82) is 0 Å². The third kappa shape index (κ3) is 4.97. The van der Waals surface area contributed by atoms with Crippen LogP contribution in [0, 0.1) is 0 Å². The van der Waals surface area contributed by atoms with E-state index in [9.17, 15) is 14.4 Å². The molecule has 2 aromatic carbocycles. The van der Waals surface area contributed by atoms with E-state index < -0.39 is 24.2 Å². The van der Waals surface area contributed by atoms with Crippen LogP contribution < -0.4 is 15.4 Å². The number of para-hydroxylation sites is 2. The van der Waals surface area contributed by atoms with Crippen molar-refractivity contribution in [2.45, 2.75) is 6.42 Å². The fourth-order valence-electron chi connectivity index (χ4n) is 2.15. The van der Waals surface area contributed by atoms with Gasteiger partial charge in [-0.05, 0) is 30.3 Å². The highest BCUT2D eigenvalue weighted by Gasteiger charge is 2.15. The van der Waals surface area contributed by atoms with Crippen molar-refractivity contribution in [3.05, 3.63) is 53.1 Å². The van der Waals surface area contributed by atoms with E-state index in [-0.39, 0.29) is 16.3 Å². The van der Waals surface area contributed by atoms with Gasteiger partial charge in [-0.1, -0.05) is 23.7 Å². The molecule has 0 fully saturated rings. The molecule has 0 unspecified atom stereocenters. The number of benzene rings is 2. The van der Waals surface area contributed by atoms with Crippen LogP contribution in [0.4, 0.5) is 11.4 Å². The standard InChI is InChI=1S/C18H17ClN2O5/c1-25-15-6-4-3-5-13(15)20-16(22)10-17(23)21-14-9-11(18(24)26-2)7-8-12(14)19/h3-9H,10H2,1-2H3,(H,20,22)(H,21,23). The highest BCUT2D eigenvalue weighted by Crippen LogP contribution is 2.25. The number of methoxy groups -OCH3 is 2. The molecule has 0 spiro atoms. The second-order valence-electron chi connectivity index (χ2n) is 5.16. The maximum Gasteiger partial charge on any atom is 0.337 e. The minimum Gasteiger partial charge on any atom is -0.495 e. The van der Waals surface area contributed by atoms with E-state index in [1.165, 1.54) is 32.4 Å². The first kappa shape index (κ1) is 19.3. The average Bonchev–Trinajstić information content (AvgIpc) is 2.63. The molecule has 0 bridgehead atoms. The average molecular weight is 377 g/mol. The molecule has 136 valence electrons. The number of hydrogen-bond donors (Lipinski definition) is 2. The summed E-state index contributed by atoms with van der Waals surface area (Å²) in [6, 6.07) is 11.1. The summed E-state index contributed by atoms with van der Waals surface area (Å²) in [5.74, 6) is -1.19. The van der Waals surface area contributed by atoms with Crippen molar-refractivity contribution in [2.75, 3.05) is 24.9 Å². The van der Waals surface area contributed by atoms with Gasteiger partial charge in [-0.2, -0.15) is 0 Å². The molecule has 0 aliphatic rings. The summed E-state index contributed by atoms with van der Waals surface area (Å²) in [7, 11) is 2.73. The van der Waals surface area contributed by atoms with Crippen molar-refractivity contribution in [3.8, 4) is 5.75 Å². The van der Waals surface area contributed by atoms with Gasteiger partial charge in [0.1, 0.15) is 12.2 Å². The van der Waals surface area contributed by atoms with Crippen LogP contribution in [0.5, 0.6) is 5.75 Å². The number of nitrogens with one attached hydrogen (secondary N) is 2.